The second-order valence-corrected chi connectivity index (χ2v) is 5.09. The third-order valence-corrected chi connectivity index (χ3v) is 4.22. The first-order valence-corrected chi connectivity index (χ1v) is 5.19. The van der Waals surface area contributed by atoms with Crippen molar-refractivity contribution in [2.45, 2.75) is 38.5 Å². The van der Waals surface area contributed by atoms with E-state index >= 15 is 0 Å². The van der Waals surface area contributed by atoms with Crippen LogP contribution in [-0.4, -0.2) is 22.1 Å². The van der Waals surface area contributed by atoms with E-state index in [0.29, 0.717) is 0 Å². The summed E-state index contributed by atoms with van der Waals surface area (Å²) in [5.41, 5.74) is -0.809. The molecule has 0 amide bonds. The van der Waals surface area contributed by atoms with E-state index in [1.54, 1.807) is 0 Å². The van der Waals surface area contributed by atoms with Gasteiger partial charge in [-0.15, -0.1) is 9.24 Å². The molecular weight excluding hydrogens is 175 g/mol. The monoisotopic (exact) mass is 194 g/mol. The highest BCUT2D eigenvalue weighted by atomic mass is 32.1. The summed E-state index contributed by atoms with van der Waals surface area (Å²) in [6.07, 6.45) is 0.880. The maximum atomic E-state index is 10.0. The molecule has 68 valence electrons. The Hall–Kier alpha value is 0.740. The van der Waals surface area contributed by atoms with Crippen molar-refractivity contribution in [3.05, 3.63) is 0 Å². The lowest BCUT2D eigenvalue weighted by Gasteiger charge is -2.42. The molecule has 0 aliphatic heterocycles. The minimum Gasteiger partial charge on any atom is -0.388 e. The lowest BCUT2D eigenvalue weighted by Crippen LogP contribution is -2.49. The van der Waals surface area contributed by atoms with E-state index in [0.717, 1.165) is 6.16 Å². The number of rotatable bonds is 3. The number of hydrogen-bond acceptors (Lipinski definition) is 2. The Balaban J connectivity index is 4.53. The van der Waals surface area contributed by atoms with Gasteiger partial charge in [0.05, 0.1) is 5.60 Å². The molecule has 1 N–H and O–H groups in total. The molecule has 0 spiro atoms. The summed E-state index contributed by atoms with van der Waals surface area (Å²) in [6, 6.07) is 0. The Kier molecular flexibility index (Phi) is 3.88. The molecule has 0 radical (unpaired) electrons. The zero-order valence-electron chi connectivity index (χ0n) is 7.76. The fourth-order valence-electron chi connectivity index (χ4n) is 0.772. The lowest BCUT2D eigenvalue weighted by molar-refractivity contribution is -0.0358. The molecule has 0 aromatic heterocycles. The van der Waals surface area contributed by atoms with Crippen molar-refractivity contribution in [3.8, 4) is 0 Å². The van der Waals surface area contributed by atoms with Crippen molar-refractivity contribution < 1.29 is 5.11 Å². The summed E-state index contributed by atoms with van der Waals surface area (Å²) in [4.78, 5) is 0. The topological polar surface area (TPSA) is 20.2 Å². The lowest BCUT2D eigenvalue weighted by atomic mass is 9.76. The van der Waals surface area contributed by atoms with Crippen molar-refractivity contribution in [1.29, 1.82) is 0 Å². The molecule has 0 aromatic rings. The van der Waals surface area contributed by atoms with Gasteiger partial charge in [-0.25, -0.2) is 0 Å². The van der Waals surface area contributed by atoms with Crippen LogP contribution in [0.2, 0.25) is 0 Å². The van der Waals surface area contributed by atoms with Crippen LogP contribution < -0.4 is 0 Å². The molecule has 0 fully saturated rings. The highest BCUT2D eigenvalue weighted by molar-refractivity contribution is 7.81. The maximum Gasteiger partial charge on any atom is 0.0786 e. The van der Waals surface area contributed by atoms with Gasteiger partial charge in [0.2, 0.25) is 0 Å². The zero-order valence-corrected chi connectivity index (χ0v) is 9.81. The summed E-state index contributed by atoms with van der Waals surface area (Å²) in [5.74, 6) is 0. The van der Waals surface area contributed by atoms with Gasteiger partial charge in [0.15, 0.2) is 0 Å². The van der Waals surface area contributed by atoms with Crippen LogP contribution in [0, 0.1) is 5.41 Å². The summed E-state index contributed by atoms with van der Waals surface area (Å²) in [7, 11) is 2.66. The molecule has 3 atom stereocenters. The highest BCUT2D eigenvalue weighted by Gasteiger charge is 2.40. The summed E-state index contributed by atoms with van der Waals surface area (Å²) >= 11 is 4.27. The van der Waals surface area contributed by atoms with Crippen molar-refractivity contribution in [1.82, 2.24) is 0 Å². The Morgan fingerprint density at radius 3 is 1.91 bits per heavy atom. The molecule has 0 heterocycles. The fraction of sp³-hybridized carbons (Fsp3) is 1.00. The third kappa shape index (κ3) is 2.34. The normalized spacial score (nSPS) is 21.0. The van der Waals surface area contributed by atoms with E-state index < -0.39 is 5.60 Å². The summed E-state index contributed by atoms with van der Waals surface area (Å²) < 4.78 is 0. The quantitative estimate of drug-likeness (QED) is 0.520. The largest absolute Gasteiger partial charge is 0.388 e. The average molecular weight is 194 g/mol. The standard InChI is InChI=1S/C8H19OPS/c1-6(11)8(4,9)7(2,3)5-10/h6,9,11H,5,10H2,1-4H3. The SMILES string of the molecule is CC(S)C(C)(O)C(C)(C)CP. The van der Waals surface area contributed by atoms with Gasteiger partial charge in [-0.1, -0.05) is 20.8 Å². The van der Waals surface area contributed by atoms with Crippen LogP contribution in [0.1, 0.15) is 27.7 Å². The fourth-order valence-corrected chi connectivity index (χ4v) is 1.53. The van der Waals surface area contributed by atoms with Crippen LogP contribution in [0.4, 0.5) is 0 Å². The maximum absolute atomic E-state index is 10.0. The van der Waals surface area contributed by atoms with E-state index in [4.69, 9.17) is 0 Å². The van der Waals surface area contributed by atoms with E-state index in [-0.39, 0.29) is 10.7 Å². The minimum atomic E-state index is -0.710. The molecule has 0 aliphatic carbocycles. The Morgan fingerprint density at radius 2 is 1.82 bits per heavy atom. The molecule has 0 bridgehead atoms. The van der Waals surface area contributed by atoms with E-state index in [1.165, 1.54) is 0 Å². The first-order chi connectivity index (χ1) is 4.75. The molecule has 1 nitrogen and oxygen atoms in total. The molecule has 0 rings (SSSR count). The van der Waals surface area contributed by atoms with E-state index in [1.807, 2.05) is 27.7 Å². The van der Waals surface area contributed by atoms with Crippen LogP contribution in [0.15, 0.2) is 0 Å². The number of thiol groups is 1. The van der Waals surface area contributed by atoms with E-state index in [2.05, 4.69) is 21.9 Å². The Labute approximate surface area is 77.6 Å². The van der Waals surface area contributed by atoms with Crippen LogP contribution in [0.5, 0.6) is 0 Å². The average Bonchev–Trinajstić information content (AvgIpc) is 1.87. The molecular formula is C8H19OPS. The third-order valence-electron chi connectivity index (χ3n) is 2.69. The zero-order chi connectivity index (χ0) is 9.28. The Bertz CT molecular complexity index is 132. The van der Waals surface area contributed by atoms with Gasteiger partial charge in [0.1, 0.15) is 0 Å². The van der Waals surface area contributed by atoms with Crippen molar-refractivity contribution in [2.75, 3.05) is 6.16 Å². The molecule has 0 aromatic carbocycles. The van der Waals surface area contributed by atoms with Gasteiger partial charge >= 0.3 is 0 Å². The van der Waals surface area contributed by atoms with Crippen molar-refractivity contribution >= 4 is 21.9 Å². The predicted molar refractivity (Wildman–Crippen MR) is 57.4 cm³/mol. The second kappa shape index (κ2) is 3.64. The molecule has 11 heavy (non-hydrogen) atoms. The van der Waals surface area contributed by atoms with Crippen molar-refractivity contribution in [3.63, 3.8) is 0 Å². The smallest absolute Gasteiger partial charge is 0.0786 e. The van der Waals surface area contributed by atoms with Gasteiger partial charge in [0.25, 0.3) is 0 Å². The predicted octanol–water partition coefficient (Wildman–Crippen LogP) is 1.96. The van der Waals surface area contributed by atoms with Crippen LogP contribution in [-0.2, 0) is 0 Å². The van der Waals surface area contributed by atoms with Gasteiger partial charge in [-0.2, -0.15) is 12.6 Å². The van der Waals surface area contributed by atoms with Crippen LogP contribution in [0.3, 0.4) is 0 Å². The van der Waals surface area contributed by atoms with Crippen LogP contribution >= 0.6 is 21.9 Å². The number of aliphatic hydroxyl groups is 1. The molecule has 0 saturated heterocycles. The van der Waals surface area contributed by atoms with Gasteiger partial charge in [-0.05, 0) is 18.5 Å². The first kappa shape index (κ1) is 11.7. The minimum absolute atomic E-state index is 0.00181. The number of hydrogen-bond donors (Lipinski definition) is 2. The molecule has 0 saturated carbocycles. The summed E-state index contributed by atoms with van der Waals surface area (Å²) in [5, 5.41) is 10.0. The highest BCUT2D eigenvalue weighted by Crippen LogP contribution is 2.36. The Morgan fingerprint density at radius 1 is 1.45 bits per heavy atom. The van der Waals surface area contributed by atoms with Gasteiger partial charge in [0, 0.05) is 5.25 Å². The molecule has 0 aliphatic rings. The van der Waals surface area contributed by atoms with Crippen molar-refractivity contribution in [2.24, 2.45) is 5.41 Å². The summed E-state index contributed by atoms with van der Waals surface area (Å²) in [6.45, 7) is 7.86. The van der Waals surface area contributed by atoms with Gasteiger partial charge < -0.3 is 5.11 Å². The van der Waals surface area contributed by atoms with Crippen LogP contribution in [0.25, 0.3) is 0 Å². The molecule has 3 unspecified atom stereocenters. The second-order valence-electron chi connectivity index (χ2n) is 3.91. The van der Waals surface area contributed by atoms with Gasteiger partial charge in [-0.3, -0.25) is 0 Å². The first-order valence-electron chi connectivity index (χ1n) is 3.86. The molecule has 3 heteroatoms. The van der Waals surface area contributed by atoms with E-state index in [9.17, 15) is 5.11 Å².